The van der Waals surface area contributed by atoms with Crippen LogP contribution < -0.4 is 5.56 Å². The number of aromatic amines is 2. The first-order valence-electron chi connectivity index (χ1n) is 5.88. The Balaban J connectivity index is 2.47. The molecule has 1 heterocycles. The standard InChI is InChI=1S/C12H15N3OS/c1-7-3-2-4-8(5-7)10-9(6-13)11(16)15-12(17)14-10/h7-8H,2-5H2,1H3,(H2,14,15,16,17). The Labute approximate surface area is 105 Å². The van der Waals surface area contributed by atoms with E-state index in [4.69, 9.17) is 17.5 Å². The summed E-state index contributed by atoms with van der Waals surface area (Å²) in [5, 5.41) is 9.06. The SMILES string of the molecule is CC1CCCC(c2[nH]c(=S)[nH]c(=O)c2C#N)C1. The molecule has 1 aromatic rings. The van der Waals surface area contributed by atoms with Crippen LogP contribution in [0.15, 0.2) is 4.79 Å². The van der Waals surface area contributed by atoms with E-state index in [1.54, 1.807) is 0 Å². The minimum Gasteiger partial charge on any atom is -0.334 e. The lowest BCUT2D eigenvalue weighted by atomic mass is 9.80. The van der Waals surface area contributed by atoms with Gasteiger partial charge in [0.25, 0.3) is 5.56 Å². The monoisotopic (exact) mass is 249 g/mol. The summed E-state index contributed by atoms with van der Waals surface area (Å²) in [5.41, 5.74) is 0.551. The van der Waals surface area contributed by atoms with Crippen molar-refractivity contribution in [2.75, 3.05) is 0 Å². The molecule has 0 radical (unpaired) electrons. The molecule has 2 unspecified atom stereocenters. The second-order valence-electron chi connectivity index (χ2n) is 4.78. The van der Waals surface area contributed by atoms with E-state index in [1.165, 1.54) is 6.42 Å². The van der Waals surface area contributed by atoms with Crippen molar-refractivity contribution in [1.82, 2.24) is 9.97 Å². The smallest absolute Gasteiger partial charge is 0.269 e. The number of H-pyrrole nitrogens is 2. The molecule has 4 nitrogen and oxygen atoms in total. The summed E-state index contributed by atoms with van der Waals surface area (Å²) in [6, 6.07) is 1.98. The average molecular weight is 249 g/mol. The van der Waals surface area contributed by atoms with Gasteiger partial charge in [-0.3, -0.25) is 9.78 Å². The van der Waals surface area contributed by atoms with E-state index in [-0.39, 0.29) is 17.0 Å². The van der Waals surface area contributed by atoms with Crippen LogP contribution in [0.5, 0.6) is 0 Å². The first kappa shape index (κ1) is 12.1. The van der Waals surface area contributed by atoms with Gasteiger partial charge in [0, 0.05) is 11.6 Å². The lowest BCUT2D eigenvalue weighted by Crippen LogP contribution is -2.21. The van der Waals surface area contributed by atoms with E-state index in [0.717, 1.165) is 25.0 Å². The zero-order chi connectivity index (χ0) is 12.4. The number of nitrogens with zero attached hydrogens (tertiary/aromatic N) is 1. The molecule has 0 saturated heterocycles. The second kappa shape index (κ2) is 4.84. The van der Waals surface area contributed by atoms with Crippen LogP contribution in [0.1, 0.15) is 49.8 Å². The minimum absolute atomic E-state index is 0.192. The van der Waals surface area contributed by atoms with E-state index in [0.29, 0.717) is 10.7 Å². The predicted molar refractivity (Wildman–Crippen MR) is 67.3 cm³/mol. The van der Waals surface area contributed by atoms with Crippen LogP contribution in [0.3, 0.4) is 0 Å². The highest BCUT2D eigenvalue weighted by Gasteiger charge is 2.24. The third kappa shape index (κ3) is 2.47. The Hall–Kier alpha value is -1.41. The summed E-state index contributed by atoms with van der Waals surface area (Å²) in [5.74, 6) is 0.902. The molecule has 0 bridgehead atoms. The molecule has 0 aromatic carbocycles. The summed E-state index contributed by atoms with van der Waals surface area (Å²) in [6.45, 7) is 2.21. The lowest BCUT2D eigenvalue weighted by Gasteiger charge is -2.26. The van der Waals surface area contributed by atoms with Gasteiger partial charge in [0.2, 0.25) is 0 Å². The van der Waals surface area contributed by atoms with Crippen molar-refractivity contribution < 1.29 is 0 Å². The van der Waals surface area contributed by atoms with Crippen LogP contribution in [-0.4, -0.2) is 9.97 Å². The Morgan fingerprint density at radius 1 is 1.41 bits per heavy atom. The molecule has 0 spiro atoms. The molecule has 1 fully saturated rings. The third-order valence-corrected chi connectivity index (χ3v) is 3.63. The topological polar surface area (TPSA) is 72.4 Å². The number of aromatic nitrogens is 2. The molecular formula is C12H15N3OS. The fourth-order valence-electron chi connectivity index (χ4n) is 2.62. The second-order valence-corrected chi connectivity index (χ2v) is 5.19. The Morgan fingerprint density at radius 2 is 2.18 bits per heavy atom. The Kier molecular flexibility index (Phi) is 3.43. The van der Waals surface area contributed by atoms with Gasteiger partial charge >= 0.3 is 0 Å². The van der Waals surface area contributed by atoms with Crippen LogP contribution in [-0.2, 0) is 0 Å². The molecular weight excluding hydrogens is 234 g/mol. The highest BCUT2D eigenvalue weighted by Crippen LogP contribution is 2.35. The van der Waals surface area contributed by atoms with Crippen LogP contribution in [0.4, 0.5) is 0 Å². The molecule has 2 atom stereocenters. The maximum absolute atomic E-state index is 11.7. The molecule has 1 aliphatic rings. The Morgan fingerprint density at radius 3 is 2.82 bits per heavy atom. The molecule has 90 valence electrons. The van der Waals surface area contributed by atoms with Crippen LogP contribution in [0.2, 0.25) is 0 Å². The quantitative estimate of drug-likeness (QED) is 0.751. The lowest BCUT2D eigenvalue weighted by molar-refractivity contribution is 0.339. The van der Waals surface area contributed by atoms with Gasteiger partial charge in [-0.2, -0.15) is 5.26 Å². The van der Waals surface area contributed by atoms with Gasteiger partial charge in [0.1, 0.15) is 11.6 Å². The van der Waals surface area contributed by atoms with Gasteiger partial charge in [0.05, 0.1) is 0 Å². The first-order chi connectivity index (χ1) is 8.11. The average Bonchev–Trinajstić information content (AvgIpc) is 2.28. The molecule has 0 amide bonds. The summed E-state index contributed by atoms with van der Waals surface area (Å²) < 4.78 is 0.308. The van der Waals surface area contributed by atoms with Crippen LogP contribution in [0.25, 0.3) is 0 Å². The molecule has 5 heteroatoms. The summed E-state index contributed by atoms with van der Waals surface area (Å²) >= 11 is 4.97. The van der Waals surface area contributed by atoms with Crippen molar-refractivity contribution in [2.45, 2.75) is 38.5 Å². The fraction of sp³-hybridized carbons (Fsp3) is 0.583. The highest BCUT2D eigenvalue weighted by atomic mass is 32.1. The van der Waals surface area contributed by atoms with Gasteiger partial charge in [-0.05, 0) is 31.0 Å². The number of rotatable bonds is 1. The van der Waals surface area contributed by atoms with E-state index in [9.17, 15) is 4.79 Å². The fourth-order valence-corrected chi connectivity index (χ4v) is 2.82. The molecule has 2 N–H and O–H groups in total. The van der Waals surface area contributed by atoms with Crippen molar-refractivity contribution in [3.8, 4) is 6.07 Å². The predicted octanol–water partition coefficient (Wildman–Crippen LogP) is 2.60. The zero-order valence-corrected chi connectivity index (χ0v) is 10.6. The van der Waals surface area contributed by atoms with Gasteiger partial charge < -0.3 is 4.98 Å². The molecule has 0 aliphatic heterocycles. The molecule has 2 rings (SSSR count). The number of nitriles is 1. The van der Waals surface area contributed by atoms with Crippen molar-refractivity contribution >= 4 is 12.2 Å². The number of hydrogen-bond acceptors (Lipinski definition) is 3. The molecule has 17 heavy (non-hydrogen) atoms. The highest BCUT2D eigenvalue weighted by molar-refractivity contribution is 7.71. The Bertz CT molecular complexity index is 566. The van der Waals surface area contributed by atoms with Gasteiger partial charge in [-0.1, -0.05) is 19.8 Å². The molecule has 1 saturated carbocycles. The maximum Gasteiger partial charge on any atom is 0.269 e. The van der Waals surface area contributed by atoms with E-state index in [1.807, 2.05) is 6.07 Å². The van der Waals surface area contributed by atoms with Crippen molar-refractivity contribution in [2.24, 2.45) is 5.92 Å². The maximum atomic E-state index is 11.7. The number of hydrogen-bond donors (Lipinski definition) is 2. The zero-order valence-electron chi connectivity index (χ0n) is 9.75. The molecule has 1 aliphatic carbocycles. The van der Waals surface area contributed by atoms with Gasteiger partial charge in [-0.25, -0.2) is 0 Å². The largest absolute Gasteiger partial charge is 0.334 e. The van der Waals surface area contributed by atoms with E-state index in [2.05, 4.69) is 16.9 Å². The van der Waals surface area contributed by atoms with Crippen LogP contribution in [0, 0.1) is 22.0 Å². The normalized spacial score (nSPS) is 24.2. The summed E-state index contributed by atoms with van der Waals surface area (Å²) in [4.78, 5) is 17.1. The summed E-state index contributed by atoms with van der Waals surface area (Å²) in [6.07, 6.45) is 4.41. The van der Waals surface area contributed by atoms with E-state index < -0.39 is 0 Å². The van der Waals surface area contributed by atoms with Gasteiger partial charge in [-0.15, -0.1) is 0 Å². The van der Waals surface area contributed by atoms with Crippen molar-refractivity contribution in [3.05, 3.63) is 26.4 Å². The van der Waals surface area contributed by atoms with Gasteiger partial charge in [0.15, 0.2) is 4.77 Å². The minimum atomic E-state index is -0.371. The van der Waals surface area contributed by atoms with E-state index >= 15 is 0 Å². The first-order valence-corrected chi connectivity index (χ1v) is 6.29. The summed E-state index contributed by atoms with van der Waals surface area (Å²) in [7, 11) is 0. The van der Waals surface area contributed by atoms with Crippen molar-refractivity contribution in [3.63, 3.8) is 0 Å². The number of nitrogens with one attached hydrogen (secondary N) is 2. The van der Waals surface area contributed by atoms with Crippen LogP contribution >= 0.6 is 12.2 Å². The third-order valence-electron chi connectivity index (χ3n) is 3.43. The molecule has 1 aromatic heterocycles. The van der Waals surface area contributed by atoms with Crippen molar-refractivity contribution in [1.29, 1.82) is 5.26 Å².